The lowest BCUT2D eigenvalue weighted by Gasteiger charge is -2.28. The van der Waals surface area contributed by atoms with Crippen molar-refractivity contribution in [1.29, 1.82) is 0 Å². The maximum atomic E-state index is 10.6. The molecule has 92 valence electrons. The van der Waals surface area contributed by atoms with E-state index in [0.717, 1.165) is 13.0 Å². The standard InChI is InChI=1S/C13H18N2O2/c1-10(2)14-9-3-4-13(14)11-5-7-12(8-6-11)15(16)17/h5-8,10,13H,3-4,9H2,1-2H3. The summed E-state index contributed by atoms with van der Waals surface area (Å²) in [4.78, 5) is 12.7. The van der Waals surface area contributed by atoms with Crippen LogP contribution in [-0.4, -0.2) is 22.4 Å². The fourth-order valence-electron chi connectivity index (χ4n) is 2.58. The van der Waals surface area contributed by atoms with Gasteiger partial charge in [-0.1, -0.05) is 12.1 Å². The van der Waals surface area contributed by atoms with Gasteiger partial charge in [-0.25, -0.2) is 0 Å². The molecule has 4 nitrogen and oxygen atoms in total. The third-order valence-electron chi connectivity index (χ3n) is 3.45. The van der Waals surface area contributed by atoms with Gasteiger partial charge in [0.15, 0.2) is 0 Å². The first kappa shape index (κ1) is 12.0. The Morgan fingerprint density at radius 3 is 2.53 bits per heavy atom. The van der Waals surface area contributed by atoms with Crippen molar-refractivity contribution in [3.8, 4) is 0 Å². The van der Waals surface area contributed by atoms with E-state index in [4.69, 9.17) is 0 Å². The second-order valence-corrected chi connectivity index (χ2v) is 4.84. The molecule has 1 heterocycles. The van der Waals surface area contributed by atoms with Gasteiger partial charge in [0.2, 0.25) is 0 Å². The highest BCUT2D eigenvalue weighted by atomic mass is 16.6. The zero-order valence-corrected chi connectivity index (χ0v) is 10.3. The summed E-state index contributed by atoms with van der Waals surface area (Å²) in [6.07, 6.45) is 2.36. The molecule has 1 saturated heterocycles. The number of benzene rings is 1. The van der Waals surface area contributed by atoms with Crippen LogP contribution in [0.25, 0.3) is 0 Å². The van der Waals surface area contributed by atoms with Gasteiger partial charge in [0.25, 0.3) is 5.69 Å². The fraction of sp³-hybridized carbons (Fsp3) is 0.538. The molecule has 0 radical (unpaired) electrons. The van der Waals surface area contributed by atoms with E-state index >= 15 is 0 Å². The van der Waals surface area contributed by atoms with Crippen LogP contribution in [-0.2, 0) is 0 Å². The summed E-state index contributed by atoms with van der Waals surface area (Å²) >= 11 is 0. The van der Waals surface area contributed by atoms with Gasteiger partial charge in [-0.05, 0) is 38.8 Å². The molecule has 17 heavy (non-hydrogen) atoms. The summed E-state index contributed by atoms with van der Waals surface area (Å²) in [6, 6.07) is 7.94. The highest BCUT2D eigenvalue weighted by Crippen LogP contribution is 2.33. The summed E-state index contributed by atoms with van der Waals surface area (Å²) < 4.78 is 0. The first-order chi connectivity index (χ1) is 8.09. The van der Waals surface area contributed by atoms with Crippen LogP contribution in [0.1, 0.15) is 38.3 Å². The number of hydrogen-bond donors (Lipinski definition) is 0. The molecule has 4 heteroatoms. The zero-order chi connectivity index (χ0) is 12.4. The van der Waals surface area contributed by atoms with E-state index in [0.29, 0.717) is 12.1 Å². The van der Waals surface area contributed by atoms with E-state index in [1.807, 2.05) is 12.1 Å². The number of nitro groups is 1. The van der Waals surface area contributed by atoms with Gasteiger partial charge in [0, 0.05) is 24.2 Å². The van der Waals surface area contributed by atoms with Gasteiger partial charge in [-0.2, -0.15) is 0 Å². The molecule has 2 rings (SSSR count). The molecular formula is C13H18N2O2. The highest BCUT2D eigenvalue weighted by Gasteiger charge is 2.27. The first-order valence-electron chi connectivity index (χ1n) is 6.09. The van der Waals surface area contributed by atoms with Crippen LogP contribution in [0.15, 0.2) is 24.3 Å². The molecule has 0 aromatic heterocycles. The van der Waals surface area contributed by atoms with Gasteiger partial charge in [-0.15, -0.1) is 0 Å². The smallest absolute Gasteiger partial charge is 0.269 e. The predicted octanol–water partition coefficient (Wildman–Crippen LogP) is 3.14. The van der Waals surface area contributed by atoms with Crippen LogP contribution in [0.2, 0.25) is 0 Å². The molecule has 1 aliphatic heterocycles. The Kier molecular flexibility index (Phi) is 3.43. The van der Waals surface area contributed by atoms with E-state index in [9.17, 15) is 10.1 Å². The van der Waals surface area contributed by atoms with Crippen molar-refractivity contribution < 1.29 is 4.92 Å². The first-order valence-corrected chi connectivity index (χ1v) is 6.09. The highest BCUT2D eigenvalue weighted by molar-refractivity contribution is 5.34. The second-order valence-electron chi connectivity index (χ2n) is 4.84. The molecule has 0 saturated carbocycles. The van der Waals surface area contributed by atoms with Crippen molar-refractivity contribution in [2.24, 2.45) is 0 Å². The third kappa shape index (κ3) is 2.47. The topological polar surface area (TPSA) is 46.4 Å². The van der Waals surface area contributed by atoms with E-state index < -0.39 is 0 Å². The lowest BCUT2D eigenvalue weighted by molar-refractivity contribution is -0.384. The summed E-state index contributed by atoms with van der Waals surface area (Å²) in [6.45, 7) is 5.52. The molecule has 0 spiro atoms. The zero-order valence-electron chi connectivity index (χ0n) is 10.3. The Bertz CT molecular complexity index is 400. The molecule has 0 aliphatic carbocycles. The van der Waals surface area contributed by atoms with Crippen LogP contribution in [0, 0.1) is 10.1 Å². The van der Waals surface area contributed by atoms with Crippen molar-refractivity contribution in [2.75, 3.05) is 6.54 Å². The lowest BCUT2D eigenvalue weighted by Crippen LogP contribution is -2.30. The molecule has 0 N–H and O–H groups in total. The van der Waals surface area contributed by atoms with Crippen molar-refractivity contribution >= 4 is 5.69 Å². The van der Waals surface area contributed by atoms with E-state index in [2.05, 4.69) is 18.7 Å². The van der Waals surface area contributed by atoms with Gasteiger partial charge in [0.05, 0.1) is 4.92 Å². The molecule has 1 aromatic carbocycles. The molecule has 0 bridgehead atoms. The van der Waals surface area contributed by atoms with Gasteiger partial charge in [0.1, 0.15) is 0 Å². The third-order valence-corrected chi connectivity index (χ3v) is 3.45. The summed E-state index contributed by atoms with van der Waals surface area (Å²) in [5, 5.41) is 10.6. The van der Waals surface area contributed by atoms with E-state index in [-0.39, 0.29) is 10.6 Å². The lowest BCUT2D eigenvalue weighted by atomic mass is 10.0. The number of likely N-dealkylation sites (tertiary alicyclic amines) is 1. The second kappa shape index (κ2) is 4.84. The Morgan fingerprint density at radius 1 is 1.35 bits per heavy atom. The van der Waals surface area contributed by atoms with Gasteiger partial charge < -0.3 is 0 Å². The average molecular weight is 234 g/mol. The molecule has 1 unspecified atom stereocenters. The Morgan fingerprint density at radius 2 is 2.00 bits per heavy atom. The minimum absolute atomic E-state index is 0.169. The SMILES string of the molecule is CC(C)N1CCCC1c1ccc([N+](=O)[O-])cc1. The van der Waals surface area contributed by atoms with Crippen LogP contribution in [0.4, 0.5) is 5.69 Å². The van der Waals surface area contributed by atoms with Gasteiger partial charge in [-0.3, -0.25) is 15.0 Å². The number of nitro benzene ring substituents is 1. The normalized spacial score (nSPS) is 21.0. The minimum atomic E-state index is -0.349. The summed E-state index contributed by atoms with van der Waals surface area (Å²) in [5.41, 5.74) is 1.37. The van der Waals surface area contributed by atoms with Gasteiger partial charge >= 0.3 is 0 Å². The molecular weight excluding hydrogens is 216 g/mol. The van der Waals surface area contributed by atoms with Crippen molar-refractivity contribution in [3.63, 3.8) is 0 Å². The molecule has 1 aliphatic rings. The maximum Gasteiger partial charge on any atom is 0.269 e. The van der Waals surface area contributed by atoms with Crippen LogP contribution in [0.5, 0.6) is 0 Å². The van der Waals surface area contributed by atoms with Crippen molar-refractivity contribution in [1.82, 2.24) is 4.90 Å². The van der Waals surface area contributed by atoms with Crippen molar-refractivity contribution in [2.45, 2.75) is 38.8 Å². The number of non-ortho nitro benzene ring substituents is 1. The quantitative estimate of drug-likeness (QED) is 0.596. The minimum Gasteiger partial charge on any atom is -0.294 e. The van der Waals surface area contributed by atoms with E-state index in [1.54, 1.807) is 12.1 Å². The monoisotopic (exact) mass is 234 g/mol. The van der Waals surface area contributed by atoms with Crippen LogP contribution >= 0.6 is 0 Å². The molecule has 1 fully saturated rings. The molecule has 1 atom stereocenters. The largest absolute Gasteiger partial charge is 0.294 e. The van der Waals surface area contributed by atoms with Crippen LogP contribution in [0.3, 0.4) is 0 Å². The Balaban J connectivity index is 2.19. The molecule has 0 amide bonds. The average Bonchev–Trinajstić information content (AvgIpc) is 2.78. The number of hydrogen-bond acceptors (Lipinski definition) is 3. The fourth-order valence-corrected chi connectivity index (χ4v) is 2.58. The van der Waals surface area contributed by atoms with Crippen molar-refractivity contribution in [3.05, 3.63) is 39.9 Å². The van der Waals surface area contributed by atoms with E-state index in [1.165, 1.54) is 12.0 Å². The number of nitrogens with zero attached hydrogens (tertiary/aromatic N) is 2. The number of rotatable bonds is 3. The van der Waals surface area contributed by atoms with Crippen LogP contribution < -0.4 is 0 Å². The Labute approximate surface area is 101 Å². The maximum absolute atomic E-state index is 10.6. The summed E-state index contributed by atoms with van der Waals surface area (Å²) in [7, 11) is 0. The Hall–Kier alpha value is -1.42. The predicted molar refractivity (Wildman–Crippen MR) is 66.9 cm³/mol. The summed E-state index contributed by atoms with van der Waals surface area (Å²) in [5.74, 6) is 0. The molecule has 1 aromatic rings.